The molecule has 2 N–H and O–H groups in total. The van der Waals surface area contributed by atoms with Gasteiger partial charge in [-0.05, 0) is 19.1 Å². The number of nitrogens with zero attached hydrogens (tertiary/aromatic N) is 5. The fourth-order valence-electron chi connectivity index (χ4n) is 1.82. The average molecular weight is 284 g/mol. The minimum atomic E-state index is -0.581. The lowest BCUT2D eigenvalue weighted by molar-refractivity contribution is 0.0520. The summed E-state index contributed by atoms with van der Waals surface area (Å²) in [6.07, 6.45) is 1.46. The zero-order valence-corrected chi connectivity index (χ0v) is 11.2. The lowest BCUT2D eigenvalue weighted by Gasteiger charge is -2.00. The zero-order chi connectivity index (χ0) is 14.8. The number of anilines is 1. The van der Waals surface area contributed by atoms with Gasteiger partial charge in [-0.1, -0.05) is 12.1 Å². The molecule has 21 heavy (non-hydrogen) atoms. The largest absolute Gasteiger partial charge is 0.461 e. The van der Waals surface area contributed by atoms with E-state index in [4.69, 9.17) is 10.5 Å². The summed E-state index contributed by atoms with van der Waals surface area (Å²) in [4.78, 5) is 16.0. The Morgan fingerprint density at radius 1 is 1.29 bits per heavy atom. The Balaban J connectivity index is 2.02. The number of aromatic nitrogens is 5. The van der Waals surface area contributed by atoms with Gasteiger partial charge in [0.2, 0.25) is 0 Å². The first-order chi connectivity index (χ1) is 10.2. The van der Waals surface area contributed by atoms with Gasteiger partial charge in [0, 0.05) is 0 Å². The van der Waals surface area contributed by atoms with Crippen LogP contribution in [-0.4, -0.2) is 37.5 Å². The molecule has 0 radical (unpaired) electrons. The lowest BCUT2D eigenvalue weighted by atomic mass is 10.3. The van der Waals surface area contributed by atoms with E-state index in [1.807, 2.05) is 18.2 Å². The second-order valence-corrected chi connectivity index (χ2v) is 4.20. The molecule has 0 aliphatic carbocycles. The van der Waals surface area contributed by atoms with Crippen molar-refractivity contribution >= 4 is 22.7 Å². The van der Waals surface area contributed by atoms with Crippen molar-refractivity contribution in [2.45, 2.75) is 6.92 Å². The van der Waals surface area contributed by atoms with Gasteiger partial charge in [0.25, 0.3) is 5.95 Å². The maximum absolute atomic E-state index is 11.7. The van der Waals surface area contributed by atoms with Crippen molar-refractivity contribution < 1.29 is 9.53 Å². The highest BCUT2D eigenvalue weighted by Gasteiger charge is 2.17. The summed E-state index contributed by atoms with van der Waals surface area (Å²) in [5.41, 5.74) is 7.35. The van der Waals surface area contributed by atoms with Crippen molar-refractivity contribution in [1.29, 1.82) is 0 Å². The Labute approximate surface area is 119 Å². The number of nitrogen functional groups attached to an aromatic ring is 1. The summed E-state index contributed by atoms with van der Waals surface area (Å²) in [6.45, 7) is 1.96. The van der Waals surface area contributed by atoms with E-state index in [2.05, 4.69) is 20.3 Å². The van der Waals surface area contributed by atoms with Crippen LogP contribution in [-0.2, 0) is 4.74 Å². The van der Waals surface area contributed by atoms with Crippen LogP contribution >= 0.6 is 0 Å². The summed E-state index contributed by atoms with van der Waals surface area (Å²) in [6, 6.07) is 7.32. The monoisotopic (exact) mass is 284 g/mol. The number of rotatable bonds is 3. The maximum Gasteiger partial charge on any atom is 0.361 e. The van der Waals surface area contributed by atoms with Crippen LogP contribution in [0, 0.1) is 0 Å². The van der Waals surface area contributed by atoms with Gasteiger partial charge in [0.15, 0.2) is 5.69 Å². The first-order valence-electron chi connectivity index (χ1n) is 6.31. The molecule has 0 bridgehead atoms. The van der Waals surface area contributed by atoms with Gasteiger partial charge in [-0.2, -0.15) is 5.10 Å². The molecule has 0 unspecified atom stereocenters. The van der Waals surface area contributed by atoms with Crippen LogP contribution in [0.3, 0.4) is 0 Å². The molecule has 2 heterocycles. The maximum atomic E-state index is 11.7. The molecule has 0 aliphatic heterocycles. The fourth-order valence-corrected chi connectivity index (χ4v) is 1.82. The molecular formula is C13H12N6O2. The van der Waals surface area contributed by atoms with Gasteiger partial charge in [0.1, 0.15) is 5.52 Å². The quantitative estimate of drug-likeness (QED) is 0.713. The SMILES string of the molecule is CCOC(=O)c1nn(-c2nnc3ccccc3n2)cc1N. The van der Waals surface area contributed by atoms with Crippen LogP contribution in [0.1, 0.15) is 17.4 Å². The Kier molecular flexibility index (Phi) is 3.19. The molecule has 0 atom stereocenters. The number of hydrogen-bond acceptors (Lipinski definition) is 7. The molecule has 106 valence electrons. The highest BCUT2D eigenvalue weighted by molar-refractivity contribution is 5.92. The van der Waals surface area contributed by atoms with Gasteiger partial charge in [-0.3, -0.25) is 0 Å². The van der Waals surface area contributed by atoms with Crippen LogP contribution < -0.4 is 5.73 Å². The van der Waals surface area contributed by atoms with E-state index in [9.17, 15) is 4.79 Å². The number of carbonyl (C=O) groups is 1. The van der Waals surface area contributed by atoms with E-state index in [0.717, 1.165) is 0 Å². The van der Waals surface area contributed by atoms with Gasteiger partial charge >= 0.3 is 5.97 Å². The molecule has 0 spiro atoms. The number of esters is 1. The number of para-hydroxylation sites is 1. The smallest absolute Gasteiger partial charge is 0.361 e. The molecule has 0 aliphatic rings. The zero-order valence-electron chi connectivity index (χ0n) is 11.2. The standard InChI is InChI=1S/C13H12N6O2/c1-2-21-12(20)11-8(14)7-19(18-11)13-15-9-5-3-4-6-10(9)16-17-13/h3-7H,2,14H2,1H3. The molecule has 3 aromatic rings. The minimum absolute atomic E-state index is 0.0357. The number of hydrogen-bond donors (Lipinski definition) is 1. The number of carbonyl (C=O) groups excluding carboxylic acids is 1. The highest BCUT2D eigenvalue weighted by atomic mass is 16.5. The number of nitrogens with two attached hydrogens (primary N) is 1. The van der Waals surface area contributed by atoms with Crippen LogP contribution in [0.4, 0.5) is 5.69 Å². The number of ether oxygens (including phenoxy) is 1. The summed E-state index contributed by atoms with van der Waals surface area (Å²) in [7, 11) is 0. The third kappa shape index (κ3) is 2.38. The van der Waals surface area contributed by atoms with Crippen molar-refractivity contribution in [3.63, 3.8) is 0 Å². The summed E-state index contributed by atoms with van der Waals surface area (Å²) in [5.74, 6) is -0.349. The summed E-state index contributed by atoms with van der Waals surface area (Å²) < 4.78 is 6.18. The highest BCUT2D eigenvalue weighted by Crippen LogP contribution is 2.14. The van der Waals surface area contributed by atoms with Crippen molar-refractivity contribution in [2.24, 2.45) is 0 Å². The molecule has 0 amide bonds. The first-order valence-corrected chi connectivity index (χ1v) is 6.31. The molecule has 2 aromatic heterocycles. The summed E-state index contributed by atoms with van der Waals surface area (Å²) in [5, 5.41) is 12.1. The molecule has 0 saturated carbocycles. The minimum Gasteiger partial charge on any atom is -0.461 e. The molecular weight excluding hydrogens is 272 g/mol. The van der Waals surface area contributed by atoms with Crippen LogP contribution in [0.15, 0.2) is 30.5 Å². The molecule has 0 fully saturated rings. The summed E-state index contributed by atoms with van der Waals surface area (Å²) >= 11 is 0. The van der Waals surface area contributed by atoms with Crippen LogP contribution in [0.2, 0.25) is 0 Å². The van der Waals surface area contributed by atoms with E-state index in [0.29, 0.717) is 11.0 Å². The van der Waals surface area contributed by atoms with E-state index in [1.54, 1.807) is 13.0 Å². The lowest BCUT2D eigenvalue weighted by Crippen LogP contribution is -2.09. The van der Waals surface area contributed by atoms with E-state index >= 15 is 0 Å². The van der Waals surface area contributed by atoms with Gasteiger partial charge < -0.3 is 10.5 Å². The molecule has 8 heteroatoms. The third-order valence-electron chi connectivity index (χ3n) is 2.77. The van der Waals surface area contributed by atoms with Crippen LogP contribution in [0.25, 0.3) is 17.0 Å². The predicted octanol–water partition coefficient (Wildman–Crippen LogP) is 0.969. The Bertz CT molecular complexity index is 813. The third-order valence-corrected chi connectivity index (χ3v) is 2.77. The average Bonchev–Trinajstić information content (AvgIpc) is 2.89. The predicted molar refractivity (Wildman–Crippen MR) is 74.8 cm³/mol. The molecule has 0 saturated heterocycles. The molecule has 8 nitrogen and oxygen atoms in total. The van der Waals surface area contributed by atoms with Crippen molar-refractivity contribution in [1.82, 2.24) is 25.0 Å². The van der Waals surface area contributed by atoms with E-state index in [1.165, 1.54) is 10.9 Å². The fraction of sp³-hybridized carbons (Fsp3) is 0.154. The second-order valence-electron chi connectivity index (χ2n) is 4.20. The second kappa shape index (κ2) is 5.16. The van der Waals surface area contributed by atoms with E-state index < -0.39 is 5.97 Å². The van der Waals surface area contributed by atoms with Crippen LogP contribution in [0.5, 0.6) is 0 Å². The van der Waals surface area contributed by atoms with Crippen molar-refractivity contribution in [3.05, 3.63) is 36.2 Å². The Morgan fingerprint density at radius 2 is 2.05 bits per heavy atom. The van der Waals surface area contributed by atoms with Gasteiger partial charge in [-0.25, -0.2) is 14.5 Å². The van der Waals surface area contributed by atoms with Gasteiger partial charge in [-0.15, -0.1) is 10.2 Å². The molecule has 3 rings (SSSR count). The topological polar surface area (TPSA) is 109 Å². The van der Waals surface area contributed by atoms with Crippen molar-refractivity contribution in [2.75, 3.05) is 12.3 Å². The Morgan fingerprint density at radius 3 is 2.81 bits per heavy atom. The first kappa shape index (κ1) is 13.0. The van der Waals surface area contributed by atoms with Crippen molar-refractivity contribution in [3.8, 4) is 5.95 Å². The number of benzene rings is 1. The van der Waals surface area contributed by atoms with E-state index in [-0.39, 0.29) is 23.9 Å². The Hall–Kier alpha value is -3.03. The number of fused-ring (bicyclic) bond motifs is 1. The van der Waals surface area contributed by atoms with Gasteiger partial charge in [0.05, 0.1) is 24.0 Å². The molecule has 1 aromatic carbocycles. The normalized spacial score (nSPS) is 10.7.